The number of methoxy groups -OCH3 is 1. The summed E-state index contributed by atoms with van der Waals surface area (Å²) in [4.78, 5) is 12.8. The topological polar surface area (TPSA) is 35.5 Å². The Bertz CT molecular complexity index is 746. The SMILES string of the molecule is COCOC(=O)c1cc(F)ccc1SC/C=C(/C)CC/C=C(/C)CCC=C(C)C. The molecule has 0 aliphatic carbocycles. The van der Waals surface area contributed by atoms with Crippen LogP contribution in [0.1, 0.15) is 63.7 Å². The Morgan fingerprint density at radius 1 is 1.03 bits per heavy atom. The Morgan fingerprint density at radius 2 is 1.69 bits per heavy atom. The fourth-order valence-corrected chi connectivity index (χ4v) is 3.60. The fraction of sp³-hybridized carbons (Fsp3) is 0.458. The summed E-state index contributed by atoms with van der Waals surface area (Å²) in [7, 11) is 1.43. The molecule has 0 fully saturated rings. The molecule has 1 aromatic carbocycles. The van der Waals surface area contributed by atoms with E-state index in [4.69, 9.17) is 9.47 Å². The number of benzene rings is 1. The fourth-order valence-electron chi connectivity index (χ4n) is 2.59. The molecule has 0 aromatic heterocycles. The smallest absolute Gasteiger partial charge is 0.341 e. The predicted octanol–water partition coefficient (Wildman–Crippen LogP) is 7.10. The van der Waals surface area contributed by atoms with Crippen molar-refractivity contribution in [2.24, 2.45) is 0 Å². The van der Waals surface area contributed by atoms with Gasteiger partial charge in [0.25, 0.3) is 0 Å². The van der Waals surface area contributed by atoms with E-state index in [-0.39, 0.29) is 12.4 Å². The highest BCUT2D eigenvalue weighted by molar-refractivity contribution is 7.99. The van der Waals surface area contributed by atoms with Crippen LogP contribution in [-0.4, -0.2) is 25.6 Å². The minimum Gasteiger partial charge on any atom is -0.435 e. The zero-order chi connectivity index (χ0) is 21.6. The summed E-state index contributed by atoms with van der Waals surface area (Å²) in [5, 5.41) is 0. The highest BCUT2D eigenvalue weighted by atomic mass is 32.2. The van der Waals surface area contributed by atoms with E-state index in [0.29, 0.717) is 10.6 Å². The number of hydrogen-bond donors (Lipinski definition) is 0. The molecule has 0 N–H and O–H groups in total. The molecule has 1 aromatic rings. The summed E-state index contributed by atoms with van der Waals surface area (Å²) in [6.45, 7) is 8.41. The van der Waals surface area contributed by atoms with Crippen molar-refractivity contribution in [3.63, 3.8) is 0 Å². The lowest BCUT2D eigenvalue weighted by atomic mass is 10.1. The Kier molecular flexibility index (Phi) is 12.3. The summed E-state index contributed by atoms with van der Waals surface area (Å²) < 4.78 is 23.2. The van der Waals surface area contributed by atoms with E-state index >= 15 is 0 Å². The summed E-state index contributed by atoms with van der Waals surface area (Å²) >= 11 is 1.49. The Balaban J connectivity index is 2.53. The molecule has 0 atom stereocenters. The van der Waals surface area contributed by atoms with Gasteiger partial charge in [-0.05, 0) is 71.6 Å². The van der Waals surface area contributed by atoms with E-state index in [2.05, 4.69) is 45.9 Å². The number of halogens is 1. The van der Waals surface area contributed by atoms with Crippen molar-refractivity contribution in [3.8, 4) is 0 Å². The van der Waals surface area contributed by atoms with Crippen molar-refractivity contribution in [2.75, 3.05) is 19.7 Å². The first-order chi connectivity index (χ1) is 13.8. The highest BCUT2D eigenvalue weighted by Crippen LogP contribution is 2.25. The molecule has 0 saturated heterocycles. The summed E-state index contributed by atoms with van der Waals surface area (Å²) in [5.41, 5.74) is 4.32. The van der Waals surface area contributed by atoms with Crippen LogP contribution in [0, 0.1) is 5.82 Å². The van der Waals surface area contributed by atoms with Gasteiger partial charge in [-0.15, -0.1) is 11.8 Å². The molecule has 160 valence electrons. The van der Waals surface area contributed by atoms with Gasteiger partial charge in [0.1, 0.15) is 5.82 Å². The maximum atomic E-state index is 13.5. The number of ether oxygens (including phenoxy) is 2. The number of hydrogen-bond acceptors (Lipinski definition) is 4. The first-order valence-corrected chi connectivity index (χ1v) is 10.8. The third-order valence-electron chi connectivity index (χ3n) is 4.26. The molecule has 0 spiro atoms. The van der Waals surface area contributed by atoms with Crippen LogP contribution >= 0.6 is 11.8 Å². The van der Waals surface area contributed by atoms with Crippen molar-refractivity contribution >= 4 is 17.7 Å². The summed E-state index contributed by atoms with van der Waals surface area (Å²) in [6, 6.07) is 4.18. The standard InChI is InChI=1S/C24H33FO3S/c1-18(2)8-6-9-19(3)10-7-11-20(4)14-15-29-23-13-12-21(25)16-22(23)24(26)28-17-27-5/h8,10,12-14,16H,6-7,9,11,15,17H2,1-5H3/b19-10-,20-14-. The van der Waals surface area contributed by atoms with Gasteiger partial charge in [-0.2, -0.15) is 0 Å². The number of carbonyl (C=O) groups excluding carboxylic acids is 1. The van der Waals surface area contributed by atoms with Gasteiger partial charge in [-0.25, -0.2) is 9.18 Å². The minimum atomic E-state index is -0.580. The molecule has 0 heterocycles. The number of carbonyl (C=O) groups is 1. The van der Waals surface area contributed by atoms with Crippen LogP contribution < -0.4 is 0 Å². The Labute approximate surface area is 179 Å². The number of rotatable bonds is 12. The summed E-state index contributed by atoms with van der Waals surface area (Å²) in [6.07, 6.45) is 11.0. The van der Waals surface area contributed by atoms with E-state index in [9.17, 15) is 9.18 Å². The Morgan fingerprint density at radius 3 is 2.34 bits per heavy atom. The monoisotopic (exact) mass is 420 g/mol. The molecular formula is C24H33FO3S. The van der Waals surface area contributed by atoms with Crippen LogP contribution in [0.4, 0.5) is 4.39 Å². The number of thioether (sulfide) groups is 1. The second kappa shape index (κ2) is 14.2. The molecule has 0 aliphatic heterocycles. The second-order valence-corrected chi connectivity index (χ2v) is 8.31. The maximum absolute atomic E-state index is 13.5. The van der Waals surface area contributed by atoms with E-state index in [1.807, 2.05) is 0 Å². The van der Waals surface area contributed by atoms with Gasteiger partial charge in [0, 0.05) is 17.8 Å². The van der Waals surface area contributed by atoms with Gasteiger partial charge < -0.3 is 9.47 Å². The Hall–Kier alpha value is -1.85. The van der Waals surface area contributed by atoms with Gasteiger partial charge in [0.15, 0.2) is 6.79 Å². The van der Waals surface area contributed by atoms with E-state index in [1.54, 1.807) is 6.07 Å². The predicted molar refractivity (Wildman–Crippen MR) is 120 cm³/mol. The highest BCUT2D eigenvalue weighted by Gasteiger charge is 2.14. The third-order valence-corrected chi connectivity index (χ3v) is 5.26. The lowest BCUT2D eigenvalue weighted by Gasteiger charge is -2.08. The zero-order valence-corrected chi connectivity index (χ0v) is 19.0. The lowest BCUT2D eigenvalue weighted by Crippen LogP contribution is -2.09. The minimum absolute atomic E-state index is 0.153. The van der Waals surface area contributed by atoms with Gasteiger partial charge in [-0.3, -0.25) is 0 Å². The third kappa shape index (κ3) is 11.1. The van der Waals surface area contributed by atoms with Crippen LogP contribution in [0.25, 0.3) is 0 Å². The summed E-state index contributed by atoms with van der Waals surface area (Å²) in [5.74, 6) is -0.328. The van der Waals surface area contributed by atoms with Crippen molar-refractivity contribution < 1.29 is 18.7 Å². The van der Waals surface area contributed by atoms with Crippen LogP contribution in [0.15, 0.2) is 58.0 Å². The molecule has 5 heteroatoms. The first kappa shape index (κ1) is 25.2. The van der Waals surface area contributed by atoms with Crippen molar-refractivity contribution in [2.45, 2.75) is 58.3 Å². The molecule has 0 unspecified atom stereocenters. The van der Waals surface area contributed by atoms with Gasteiger partial charge in [0.2, 0.25) is 0 Å². The van der Waals surface area contributed by atoms with Crippen LogP contribution in [-0.2, 0) is 9.47 Å². The maximum Gasteiger partial charge on any atom is 0.341 e. The van der Waals surface area contributed by atoms with Crippen molar-refractivity contribution in [1.82, 2.24) is 0 Å². The average Bonchev–Trinajstić information content (AvgIpc) is 2.66. The molecule has 29 heavy (non-hydrogen) atoms. The van der Waals surface area contributed by atoms with Crippen LogP contribution in [0.2, 0.25) is 0 Å². The van der Waals surface area contributed by atoms with E-state index < -0.39 is 11.8 Å². The average molecular weight is 421 g/mol. The first-order valence-electron chi connectivity index (χ1n) is 9.86. The van der Waals surface area contributed by atoms with Gasteiger partial charge in [0.05, 0.1) is 5.56 Å². The quantitative estimate of drug-likeness (QED) is 0.156. The van der Waals surface area contributed by atoms with E-state index in [1.165, 1.54) is 47.7 Å². The molecule has 1 rings (SSSR count). The molecule has 3 nitrogen and oxygen atoms in total. The molecule has 0 radical (unpaired) electrons. The molecular weight excluding hydrogens is 387 g/mol. The molecule has 0 saturated carbocycles. The number of esters is 1. The number of allylic oxidation sites excluding steroid dienone is 5. The largest absolute Gasteiger partial charge is 0.435 e. The van der Waals surface area contributed by atoms with Crippen molar-refractivity contribution in [3.05, 3.63) is 64.5 Å². The lowest BCUT2D eigenvalue weighted by molar-refractivity contribution is -0.0128. The van der Waals surface area contributed by atoms with Crippen LogP contribution in [0.5, 0.6) is 0 Å². The molecule has 0 bridgehead atoms. The zero-order valence-electron chi connectivity index (χ0n) is 18.2. The van der Waals surface area contributed by atoms with Crippen LogP contribution in [0.3, 0.4) is 0 Å². The molecule has 0 amide bonds. The van der Waals surface area contributed by atoms with Gasteiger partial charge in [-0.1, -0.05) is 34.9 Å². The normalized spacial score (nSPS) is 12.1. The molecule has 0 aliphatic rings. The van der Waals surface area contributed by atoms with E-state index in [0.717, 1.165) is 25.7 Å². The second-order valence-electron chi connectivity index (χ2n) is 7.25. The van der Waals surface area contributed by atoms with Crippen molar-refractivity contribution in [1.29, 1.82) is 0 Å². The van der Waals surface area contributed by atoms with Gasteiger partial charge >= 0.3 is 5.97 Å².